The predicted molar refractivity (Wildman–Crippen MR) is 270 cm³/mol. The molecule has 2 saturated heterocycles. The van der Waals surface area contributed by atoms with Crippen LogP contribution in [-0.2, 0) is 25.5 Å². The van der Waals surface area contributed by atoms with Gasteiger partial charge in [-0.3, -0.25) is 19.7 Å². The molecule has 0 radical (unpaired) electrons. The highest BCUT2D eigenvalue weighted by molar-refractivity contribution is 7.99. The van der Waals surface area contributed by atoms with E-state index >= 15 is 0 Å². The van der Waals surface area contributed by atoms with Crippen LogP contribution in [0.4, 0.5) is 5.69 Å². The van der Waals surface area contributed by atoms with Crippen LogP contribution in [0, 0.1) is 22.5 Å². The number of nitrogens with zero attached hydrogens (tertiary/aromatic N) is 4. The second-order valence-electron chi connectivity index (χ2n) is 20.3. The Balaban J connectivity index is 0.685. The summed E-state index contributed by atoms with van der Waals surface area (Å²) in [4.78, 5) is 50.0. The van der Waals surface area contributed by atoms with Gasteiger partial charge in [-0.25, -0.2) is 4.98 Å². The molecule has 1 saturated carbocycles. The van der Waals surface area contributed by atoms with Crippen LogP contribution in [0.15, 0.2) is 88.2 Å². The summed E-state index contributed by atoms with van der Waals surface area (Å²) < 4.78 is 18.6. The van der Waals surface area contributed by atoms with Crippen molar-refractivity contribution in [2.75, 3.05) is 39.4 Å². The van der Waals surface area contributed by atoms with Crippen LogP contribution in [0.25, 0.3) is 10.4 Å². The van der Waals surface area contributed by atoms with Gasteiger partial charge in [0.2, 0.25) is 11.8 Å². The van der Waals surface area contributed by atoms with E-state index in [-0.39, 0.29) is 59.9 Å². The van der Waals surface area contributed by atoms with Crippen molar-refractivity contribution in [1.82, 2.24) is 25.4 Å². The van der Waals surface area contributed by atoms with E-state index in [0.29, 0.717) is 18.7 Å². The minimum Gasteiger partial charge on any atom is -0.490 e. The first-order valence-electron chi connectivity index (χ1n) is 24.5. The second kappa shape index (κ2) is 22.5. The number of rotatable bonds is 20. The zero-order valence-electron chi connectivity index (χ0n) is 40.6. The number of non-ortho nitro benzene ring substituents is 1. The number of nitro benzene ring substituents is 1. The highest BCUT2D eigenvalue weighted by atomic mass is 32.2. The van der Waals surface area contributed by atoms with Crippen molar-refractivity contribution in [3.63, 3.8) is 0 Å². The third kappa shape index (κ3) is 12.9. The molecule has 0 spiro atoms. The van der Waals surface area contributed by atoms with Gasteiger partial charge in [0.15, 0.2) is 0 Å². The average Bonchev–Trinajstić information content (AvgIpc) is 3.93. The number of thiazole rings is 1. The summed E-state index contributed by atoms with van der Waals surface area (Å²) in [6, 6.07) is 18.3. The first-order chi connectivity index (χ1) is 33.1. The Kier molecular flexibility index (Phi) is 16.5. The average molecular weight is 981 g/mol. The summed E-state index contributed by atoms with van der Waals surface area (Å²) >= 11 is 3.19. The maximum atomic E-state index is 14.2. The van der Waals surface area contributed by atoms with Gasteiger partial charge in [0.05, 0.1) is 45.4 Å². The number of β-amino-alcohol motifs (C(OH)–C–C–N with tert-alkyl or cyclic N) is 1. The maximum Gasteiger partial charge on any atom is 0.270 e. The molecular weight excluding hydrogens is 913 g/mol. The molecule has 1 aliphatic carbocycles. The number of unbranched alkanes of at least 4 members (excludes halogenated alkanes) is 2. The van der Waals surface area contributed by atoms with E-state index in [4.69, 9.17) is 14.2 Å². The highest BCUT2D eigenvalue weighted by Gasteiger charge is 2.43. The standard InChI is InChI=1S/C53H68N6O8S2/c1-33(36-10-12-37(13-11-36)50-35(3)54-32-68-50)55-34(2)46-26-41(60)30-58(46)52(62)51(53(4,5)6)56-49(61)31-65-23-9-7-8-20-57-21-18-42(19-22-57)66-44-27-45(28-44)67-43-17-15-39-24-38-14-16-40(59(63)64)25-47(38)69-48(39)29-43/h10-17,25,29,32-33,41-42,44-46,51,55,60H,2,7-9,18-24,26-28,30-31H2,1,3-6H3,(H,56,61)/t33-,41+,44?,45?,46-,51+/m0/s1. The van der Waals surface area contributed by atoms with Gasteiger partial charge >= 0.3 is 0 Å². The van der Waals surface area contributed by atoms with Crippen LogP contribution in [0.5, 0.6) is 5.75 Å². The lowest BCUT2D eigenvalue weighted by Crippen LogP contribution is -2.57. The SMILES string of the molecule is C=C(N[C@@H](C)c1ccc(-c2scnc2C)cc1)[C@@H]1C[C@@H](O)CN1C(=O)[C@@H](NC(=O)COCCCCCN1CCC(OC2CC(Oc3ccc4c(c3)Sc3cc([N+](=O)[O-])ccc3C4)C2)CC1)C(C)(C)C. The summed E-state index contributed by atoms with van der Waals surface area (Å²) in [6.45, 7) is 17.7. The monoisotopic (exact) mass is 980 g/mol. The van der Waals surface area contributed by atoms with E-state index in [1.165, 1.54) is 5.56 Å². The third-order valence-electron chi connectivity index (χ3n) is 13.9. The van der Waals surface area contributed by atoms with Crippen LogP contribution in [0.3, 0.4) is 0 Å². The molecule has 3 aliphatic heterocycles. The zero-order valence-corrected chi connectivity index (χ0v) is 42.2. The number of benzene rings is 3. The molecule has 1 aromatic heterocycles. The van der Waals surface area contributed by atoms with E-state index in [2.05, 4.69) is 70.4 Å². The number of aliphatic hydroxyl groups excluding tert-OH is 1. The molecule has 3 N–H and O–H groups in total. The number of nitrogens with one attached hydrogen (secondary N) is 2. The molecule has 4 atom stereocenters. The first kappa shape index (κ1) is 50.5. The Morgan fingerprint density at radius 3 is 2.38 bits per heavy atom. The molecule has 4 heterocycles. The maximum absolute atomic E-state index is 14.2. The molecule has 69 heavy (non-hydrogen) atoms. The number of aromatic nitrogens is 1. The van der Waals surface area contributed by atoms with Gasteiger partial charge in [-0.05, 0) is 98.7 Å². The second-order valence-corrected chi connectivity index (χ2v) is 22.2. The lowest BCUT2D eigenvalue weighted by molar-refractivity contribution is -0.385. The van der Waals surface area contributed by atoms with Gasteiger partial charge in [0, 0.05) is 79.2 Å². The van der Waals surface area contributed by atoms with Gasteiger partial charge in [-0.1, -0.05) is 75.5 Å². The number of amides is 2. The minimum absolute atomic E-state index is 0.0834. The van der Waals surface area contributed by atoms with E-state index in [1.807, 2.05) is 45.3 Å². The molecule has 14 nitrogen and oxygen atoms in total. The Bertz CT molecular complexity index is 2440. The number of nitro groups is 1. The van der Waals surface area contributed by atoms with Crippen LogP contribution < -0.4 is 15.4 Å². The lowest BCUT2D eigenvalue weighted by atomic mass is 9.85. The zero-order chi connectivity index (χ0) is 48.8. The van der Waals surface area contributed by atoms with Crippen molar-refractivity contribution >= 4 is 40.6 Å². The van der Waals surface area contributed by atoms with Gasteiger partial charge in [-0.2, -0.15) is 0 Å². The van der Waals surface area contributed by atoms with E-state index < -0.39 is 23.6 Å². The van der Waals surface area contributed by atoms with Crippen LogP contribution in [0.2, 0.25) is 0 Å². The number of fused-ring (bicyclic) bond motifs is 2. The number of likely N-dealkylation sites (tertiary alicyclic amines) is 2. The fraction of sp³-hybridized carbons (Fsp3) is 0.528. The van der Waals surface area contributed by atoms with Crippen molar-refractivity contribution in [1.29, 1.82) is 0 Å². The number of carbonyl (C=O) groups excluding carboxylic acids is 2. The molecule has 3 aromatic carbocycles. The Morgan fingerprint density at radius 2 is 1.68 bits per heavy atom. The molecule has 16 heteroatoms. The smallest absolute Gasteiger partial charge is 0.270 e. The van der Waals surface area contributed by atoms with E-state index in [1.54, 1.807) is 40.1 Å². The van der Waals surface area contributed by atoms with Crippen LogP contribution >= 0.6 is 23.1 Å². The van der Waals surface area contributed by atoms with Crippen molar-refractivity contribution in [3.05, 3.63) is 111 Å². The van der Waals surface area contributed by atoms with E-state index in [0.717, 1.165) is 114 Å². The quantitative estimate of drug-likeness (QED) is 0.0385. The Labute approximate surface area is 414 Å². The van der Waals surface area contributed by atoms with Crippen molar-refractivity contribution in [2.45, 2.75) is 145 Å². The third-order valence-corrected chi connectivity index (χ3v) is 16.1. The number of hydrogen-bond acceptors (Lipinski definition) is 13. The van der Waals surface area contributed by atoms with Gasteiger partial charge in [-0.15, -0.1) is 11.3 Å². The molecule has 0 unspecified atom stereocenters. The van der Waals surface area contributed by atoms with Gasteiger partial charge in [0.25, 0.3) is 5.69 Å². The number of carbonyl (C=O) groups is 2. The normalized spacial score (nSPS) is 21.4. The van der Waals surface area contributed by atoms with E-state index in [9.17, 15) is 24.8 Å². The molecule has 4 aliphatic rings. The highest BCUT2D eigenvalue weighted by Crippen LogP contribution is 2.43. The summed E-state index contributed by atoms with van der Waals surface area (Å²) in [7, 11) is 0. The molecule has 3 fully saturated rings. The lowest BCUT2D eigenvalue weighted by Gasteiger charge is -2.40. The van der Waals surface area contributed by atoms with Crippen LogP contribution in [-0.4, -0.2) is 113 Å². The summed E-state index contributed by atoms with van der Waals surface area (Å²) in [5.41, 5.74) is 7.56. The molecule has 8 rings (SSSR count). The number of aliphatic hydroxyl groups is 1. The first-order valence-corrected chi connectivity index (χ1v) is 26.2. The van der Waals surface area contributed by atoms with Gasteiger partial charge < -0.3 is 39.8 Å². The summed E-state index contributed by atoms with van der Waals surface area (Å²) in [6.07, 6.45) is 7.74. The van der Waals surface area contributed by atoms with Gasteiger partial charge in [0.1, 0.15) is 24.5 Å². The predicted octanol–water partition coefficient (Wildman–Crippen LogP) is 9.02. The summed E-state index contributed by atoms with van der Waals surface area (Å²) in [5, 5.41) is 28.5. The number of ether oxygens (including phenoxy) is 3. The summed E-state index contributed by atoms with van der Waals surface area (Å²) in [5.74, 6) is 0.249. The fourth-order valence-corrected chi connectivity index (χ4v) is 11.7. The van der Waals surface area contributed by atoms with Crippen molar-refractivity contribution in [2.24, 2.45) is 5.41 Å². The molecule has 370 valence electrons. The molecule has 0 bridgehead atoms. The molecule has 4 aromatic rings. The molecule has 2 amide bonds. The van der Waals surface area contributed by atoms with Crippen molar-refractivity contribution in [3.8, 4) is 16.2 Å². The topological polar surface area (TPSA) is 169 Å². The Morgan fingerprint density at radius 1 is 0.957 bits per heavy atom. The molecular formula is C53H68N6O8S2. The number of aryl methyl sites for hydroxylation is 1. The minimum atomic E-state index is -0.813. The largest absolute Gasteiger partial charge is 0.490 e. The number of hydrogen-bond donors (Lipinski definition) is 3. The number of piperidine rings is 1. The fourth-order valence-electron chi connectivity index (χ4n) is 9.77. The van der Waals surface area contributed by atoms with Crippen LogP contribution in [0.1, 0.15) is 107 Å². The Hall–Kier alpha value is -4.84. The van der Waals surface area contributed by atoms with Crippen molar-refractivity contribution < 1.29 is 33.8 Å².